The monoisotopic (exact) mass is 281 g/mol. The molecule has 2 heteroatoms. The zero-order valence-electron chi connectivity index (χ0n) is 12.6. The van der Waals surface area contributed by atoms with Gasteiger partial charge >= 0.3 is 0 Å². The first-order valence-electron chi connectivity index (χ1n) is 7.89. The molecule has 1 N–H and O–H groups in total. The molecule has 110 valence electrons. The Balaban J connectivity index is 1.81. The molecule has 21 heavy (non-hydrogen) atoms. The van der Waals surface area contributed by atoms with Gasteiger partial charge in [0.15, 0.2) is 0 Å². The van der Waals surface area contributed by atoms with E-state index in [0.29, 0.717) is 6.04 Å². The lowest BCUT2D eigenvalue weighted by Gasteiger charge is -2.27. The van der Waals surface area contributed by atoms with E-state index in [0.717, 1.165) is 38.2 Å². The molecule has 1 aliphatic heterocycles. The van der Waals surface area contributed by atoms with E-state index in [-0.39, 0.29) is 0 Å². The number of hydrogen-bond acceptors (Lipinski definition) is 2. The van der Waals surface area contributed by atoms with Crippen molar-refractivity contribution >= 4 is 0 Å². The van der Waals surface area contributed by atoms with Crippen molar-refractivity contribution in [3.8, 4) is 5.75 Å². The highest BCUT2D eigenvalue weighted by molar-refractivity contribution is 5.42. The lowest BCUT2D eigenvalue weighted by atomic mass is 9.95. The average molecular weight is 281 g/mol. The quantitative estimate of drug-likeness (QED) is 0.891. The number of fused-ring (bicyclic) bond motifs is 1. The fourth-order valence-electron chi connectivity index (χ4n) is 2.92. The first-order chi connectivity index (χ1) is 10.4. The summed E-state index contributed by atoms with van der Waals surface area (Å²) in [7, 11) is 0. The van der Waals surface area contributed by atoms with Gasteiger partial charge < -0.3 is 10.1 Å². The SMILES string of the molecule is CCCNC1CCOc2ccc(Cc3ccccc3)cc21. The van der Waals surface area contributed by atoms with Crippen LogP contribution in [0.3, 0.4) is 0 Å². The smallest absolute Gasteiger partial charge is 0.124 e. The second-order valence-corrected chi connectivity index (χ2v) is 5.68. The molecule has 1 heterocycles. The summed E-state index contributed by atoms with van der Waals surface area (Å²) in [6, 6.07) is 17.7. The summed E-state index contributed by atoms with van der Waals surface area (Å²) in [5.74, 6) is 1.05. The molecule has 1 unspecified atom stereocenters. The molecule has 0 saturated carbocycles. The topological polar surface area (TPSA) is 21.3 Å². The van der Waals surface area contributed by atoms with Crippen molar-refractivity contribution in [3.63, 3.8) is 0 Å². The second kappa shape index (κ2) is 6.77. The fraction of sp³-hybridized carbons (Fsp3) is 0.368. The number of ether oxygens (including phenoxy) is 1. The Labute approximate surface area is 127 Å². The van der Waals surface area contributed by atoms with Crippen LogP contribution >= 0.6 is 0 Å². The van der Waals surface area contributed by atoms with E-state index in [1.807, 2.05) is 0 Å². The molecule has 1 aliphatic rings. The zero-order chi connectivity index (χ0) is 14.5. The molecule has 0 saturated heterocycles. The minimum absolute atomic E-state index is 0.435. The van der Waals surface area contributed by atoms with Crippen molar-refractivity contribution < 1.29 is 4.74 Å². The van der Waals surface area contributed by atoms with Gasteiger partial charge in [-0.3, -0.25) is 0 Å². The molecule has 0 bridgehead atoms. The maximum atomic E-state index is 5.80. The van der Waals surface area contributed by atoms with Crippen LogP contribution in [0.15, 0.2) is 48.5 Å². The summed E-state index contributed by atoms with van der Waals surface area (Å²) in [5, 5.41) is 3.64. The highest BCUT2D eigenvalue weighted by Crippen LogP contribution is 2.33. The molecule has 2 aromatic rings. The first-order valence-corrected chi connectivity index (χ1v) is 7.89. The van der Waals surface area contributed by atoms with Gasteiger partial charge in [0.25, 0.3) is 0 Å². The highest BCUT2D eigenvalue weighted by Gasteiger charge is 2.21. The molecule has 2 nitrogen and oxygen atoms in total. The van der Waals surface area contributed by atoms with Crippen LogP contribution in [0.4, 0.5) is 0 Å². The van der Waals surface area contributed by atoms with Crippen molar-refractivity contribution in [1.29, 1.82) is 0 Å². The first kappa shape index (κ1) is 14.2. The van der Waals surface area contributed by atoms with Gasteiger partial charge in [-0.1, -0.05) is 49.4 Å². The van der Waals surface area contributed by atoms with E-state index in [1.54, 1.807) is 0 Å². The van der Waals surface area contributed by atoms with Crippen molar-refractivity contribution in [2.75, 3.05) is 13.2 Å². The van der Waals surface area contributed by atoms with Crippen LogP contribution in [0, 0.1) is 0 Å². The Hall–Kier alpha value is -1.80. The van der Waals surface area contributed by atoms with E-state index >= 15 is 0 Å². The van der Waals surface area contributed by atoms with Crippen LogP contribution in [0.2, 0.25) is 0 Å². The molecular formula is C19H23NO. The molecule has 0 aliphatic carbocycles. The van der Waals surface area contributed by atoms with Gasteiger partial charge in [-0.15, -0.1) is 0 Å². The fourth-order valence-corrected chi connectivity index (χ4v) is 2.92. The predicted octanol–water partition coefficient (Wildman–Crippen LogP) is 4.10. The minimum Gasteiger partial charge on any atom is -0.493 e. The summed E-state index contributed by atoms with van der Waals surface area (Å²) < 4.78 is 5.80. The average Bonchev–Trinajstić information content (AvgIpc) is 2.54. The summed E-state index contributed by atoms with van der Waals surface area (Å²) in [5.41, 5.74) is 4.03. The summed E-state index contributed by atoms with van der Waals surface area (Å²) in [6.45, 7) is 4.08. The highest BCUT2D eigenvalue weighted by atomic mass is 16.5. The Kier molecular flexibility index (Phi) is 4.56. The van der Waals surface area contributed by atoms with Crippen LogP contribution in [0.25, 0.3) is 0 Å². The molecule has 2 aromatic carbocycles. The largest absolute Gasteiger partial charge is 0.493 e. The van der Waals surface area contributed by atoms with Crippen molar-refractivity contribution in [3.05, 3.63) is 65.2 Å². The Morgan fingerprint density at radius 3 is 2.76 bits per heavy atom. The molecule has 0 amide bonds. The third kappa shape index (κ3) is 3.45. The number of rotatable bonds is 5. The Morgan fingerprint density at radius 2 is 1.95 bits per heavy atom. The van der Waals surface area contributed by atoms with Crippen LogP contribution in [0.5, 0.6) is 5.75 Å². The van der Waals surface area contributed by atoms with Crippen LogP contribution in [-0.2, 0) is 6.42 Å². The zero-order valence-corrected chi connectivity index (χ0v) is 12.6. The number of nitrogens with one attached hydrogen (secondary N) is 1. The van der Waals surface area contributed by atoms with E-state index in [9.17, 15) is 0 Å². The van der Waals surface area contributed by atoms with Gasteiger partial charge in [-0.05, 0) is 36.6 Å². The van der Waals surface area contributed by atoms with Crippen LogP contribution in [0.1, 0.15) is 42.5 Å². The summed E-state index contributed by atoms with van der Waals surface area (Å²) >= 11 is 0. The summed E-state index contributed by atoms with van der Waals surface area (Å²) in [4.78, 5) is 0. The number of benzene rings is 2. The molecule has 1 atom stereocenters. The third-order valence-electron chi connectivity index (χ3n) is 4.01. The van der Waals surface area contributed by atoms with E-state index in [2.05, 4.69) is 60.8 Å². The van der Waals surface area contributed by atoms with Gasteiger partial charge in [-0.2, -0.15) is 0 Å². The lowest BCUT2D eigenvalue weighted by Crippen LogP contribution is -2.27. The molecular weight excluding hydrogens is 258 g/mol. The predicted molar refractivity (Wildman–Crippen MR) is 86.8 cm³/mol. The van der Waals surface area contributed by atoms with Gasteiger partial charge in [-0.25, -0.2) is 0 Å². The standard InChI is InChI=1S/C19H23NO/c1-2-11-20-18-10-12-21-19-9-8-16(14-17(18)19)13-15-6-4-3-5-7-15/h3-9,14,18,20H,2,10-13H2,1H3. The van der Waals surface area contributed by atoms with Gasteiger partial charge in [0, 0.05) is 18.0 Å². The van der Waals surface area contributed by atoms with Crippen LogP contribution in [-0.4, -0.2) is 13.2 Å². The van der Waals surface area contributed by atoms with Gasteiger partial charge in [0.1, 0.15) is 5.75 Å². The summed E-state index contributed by atoms with van der Waals surface area (Å²) in [6.07, 6.45) is 3.20. The number of hydrogen-bond donors (Lipinski definition) is 1. The van der Waals surface area contributed by atoms with E-state index < -0.39 is 0 Å². The molecule has 0 fully saturated rings. The minimum atomic E-state index is 0.435. The molecule has 0 aromatic heterocycles. The maximum absolute atomic E-state index is 5.80. The molecule has 0 radical (unpaired) electrons. The van der Waals surface area contributed by atoms with Crippen LogP contribution < -0.4 is 10.1 Å². The maximum Gasteiger partial charge on any atom is 0.124 e. The van der Waals surface area contributed by atoms with E-state index in [1.165, 1.54) is 16.7 Å². The second-order valence-electron chi connectivity index (χ2n) is 5.68. The Bertz CT molecular complexity index is 579. The third-order valence-corrected chi connectivity index (χ3v) is 4.01. The Morgan fingerprint density at radius 1 is 1.10 bits per heavy atom. The van der Waals surface area contributed by atoms with E-state index in [4.69, 9.17) is 4.74 Å². The van der Waals surface area contributed by atoms with Gasteiger partial charge in [0.05, 0.1) is 6.61 Å². The molecule has 0 spiro atoms. The van der Waals surface area contributed by atoms with Crippen molar-refractivity contribution in [2.24, 2.45) is 0 Å². The molecule has 3 rings (SSSR count). The lowest BCUT2D eigenvalue weighted by molar-refractivity contribution is 0.253. The van der Waals surface area contributed by atoms with Crippen molar-refractivity contribution in [2.45, 2.75) is 32.2 Å². The van der Waals surface area contributed by atoms with Gasteiger partial charge in [0.2, 0.25) is 0 Å². The van der Waals surface area contributed by atoms with Crippen molar-refractivity contribution in [1.82, 2.24) is 5.32 Å². The normalized spacial score (nSPS) is 17.1.